The van der Waals surface area contributed by atoms with E-state index >= 15 is 0 Å². The molecule has 26 heavy (non-hydrogen) atoms. The molecule has 1 atom stereocenters. The van der Waals surface area contributed by atoms with Gasteiger partial charge in [0.1, 0.15) is 5.82 Å². The quantitative estimate of drug-likeness (QED) is 0.764. The van der Waals surface area contributed by atoms with E-state index in [9.17, 15) is 9.18 Å². The SMILES string of the molecule is Cc1[nH]c2c(F)cccc2c1CC(=O)N1CCCC[C@@H]1c1cccnc1. The predicted octanol–water partition coefficient (Wildman–Crippen LogP) is 4.31. The third-order valence-corrected chi connectivity index (χ3v) is 5.32. The molecule has 5 heteroatoms. The van der Waals surface area contributed by atoms with Crippen LogP contribution in [0, 0.1) is 12.7 Å². The van der Waals surface area contributed by atoms with Crippen LogP contribution in [0.25, 0.3) is 10.9 Å². The fourth-order valence-corrected chi connectivity index (χ4v) is 4.00. The Bertz CT molecular complexity index is 935. The van der Waals surface area contributed by atoms with E-state index in [2.05, 4.69) is 9.97 Å². The van der Waals surface area contributed by atoms with Crippen molar-refractivity contribution in [1.29, 1.82) is 0 Å². The summed E-state index contributed by atoms with van der Waals surface area (Å²) in [4.78, 5) is 22.4. The fourth-order valence-electron chi connectivity index (χ4n) is 4.00. The molecule has 0 saturated carbocycles. The van der Waals surface area contributed by atoms with Crippen molar-refractivity contribution in [1.82, 2.24) is 14.9 Å². The van der Waals surface area contributed by atoms with Crippen molar-refractivity contribution in [3.63, 3.8) is 0 Å². The molecule has 134 valence electrons. The number of piperidine rings is 1. The summed E-state index contributed by atoms with van der Waals surface area (Å²) in [5, 5.41) is 0.797. The molecule has 3 heterocycles. The van der Waals surface area contributed by atoms with E-state index in [1.165, 1.54) is 6.07 Å². The van der Waals surface area contributed by atoms with Gasteiger partial charge in [-0.15, -0.1) is 0 Å². The van der Waals surface area contributed by atoms with Gasteiger partial charge in [0.15, 0.2) is 0 Å². The van der Waals surface area contributed by atoms with Crippen LogP contribution >= 0.6 is 0 Å². The summed E-state index contributed by atoms with van der Waals surface area (Å²) in [7, 11) is 0. The van der Waals surface area contributed by atoms with Gasteiger partial charge in [0, 0.05) is 30.0 Å². The number of aromatic amines is 1. The third-order valence-electron chi connectivity index (χ3n) is 5.32. The molecule has 1 aliphatic rings. The number of benzene rings is 1. The summed E-state index contributed by atoms with van der Waals surface area (Å²) in [6, 6.07) is 9.03. The zero-order chi connectivity index (χ0) is 18.1. The summed E-state index contributed by atoms with van der Waals surface area (Å²) in [5.41, 5.74) is 3.31. The maximum atomic E-state index is 14.0. The molecule has 1 fully saturated rings. The molecule has 0 aliphatic carbocycles. The largest absolute Gasteiger partial charge is 0.356 e. The molecule has 0 unspecified atom stereocenters. The van der Waals surface area contributed by atoms with Crippen molar-refractivity contribution in [3.8, 4) is 0 Å². The van der Waals surface area contributed by atoms with Gasteiger partial charge in [0.05, 0.1) is 18.0 Å². The number of hydrogen-bond acceptors (Lipinski definition) is 2. The Morgan fingerprint density at radius 3 is 3.00 bits per heavy atom. The predicted molar refractivity (Wildman–Crippen MR) is 99.2 cm³/mol. The standard InChI is InChI=1S/C21H22FN3O/c1-14-17(16-7-4-8-18(22)21(16)24-14)12-20(26)25-11-3-2-9-19(25)15-6-5-10-23-13-15/h4-8,10,13,19,24H,2-3,9,11-12H2,1H3/t19-/m1/s1. The Hall–Kier alpha value is -2.69. The van der Waals surface area contributed by atoms with Gasteiger partial charge in [-0.3, -0.25) is 9.78 Å². The number of carbonyl (C=O) groups excluding carboxylic acids is 1. The molecule has 4 nitrogen and oxygen atoms in total. The van der Waals surface area contributed by atoms with Crippen molar-refractivity contribution in [2.45, 2.75) is 38.6 Å². The summed E-state index contributed by atoms with van der Waals surface area (Å²) >= 11 is 0. The minimum absolute atomic E-state index is 0.0761. The molecule has 0 radical (unpaired) electrons. The molecule has 1 aliphatic heterocycles. The number of aromatic nitrogens is 2. The average Bonchev–Trinajstić information content (AvgIpc) is 2.99. The van der Waals surface area contributed by atoms with Crippen molar-refractivity contribution >= 4 is 16.8 Å². The van der Waals surface area contributed by atoms with Gasteiger partial charge in [-0.2, -0.15) is 0 Å². The number of fused-ring (bicyclic) bond motifs is 1. The smallest absolute Gasteiger partial charge is 0.227 e. The monoisotopic (exact) mass is 351 g/mol. The minimum atomic E-state index is -0.282. The Morgan fingerprint density at radius 2 is 2.19 bits per heavy atom. The van der Waals surface area contributed by atoms with Crippen LogP contribution in [0.15, 0.2) is 42.7 Å². The number of para-hydroxylation sites is 1. The lowest BCUT2D eigenvalue weighted by Gasteiger charge is -2.36. The summed E-state index contributed by atoms with van der Waals surface area (Å²) in [6.45, 7) is 2.66. The van der Waals surface area contributed by atoms with Crippen LogP contribution in [-0.2, 0) is 11.2 Å². The van der Waals surface area contributed by atoms with Gasteiger partial charge in [-0.1, -0.05) is 18.2 Å². The lowest BCUT2D eigenvalue weighted by molar-refractivity contribution is -0.134. The van der Waals surface area contributed by atoms with Gasteiger partial charge in [0.2, 0.25) is 5.91 Å². The average molecular weight is 351 g/mol. The number of pyridine rings is 1. The number of carbonyl (C=O) groups is 1. The van der Waals surface area contributed by atoms with E-state index in [1.807, 2.05) is 36.2 Å². The minimum Gasteiger partial charge on any atom is -0.356 e. The Balaban J connectivity index is 1.63. The molecule has 3 aromatic rings. The van der Waals surface area contributed by atoms with Crippen LogP contribution in [-0.4, -0.2) is 27.3 Å². The molecule has 1 N–H and O–H groups in total. The maximum absolute atomic E-state index is 14.0. The van der Waals surface area contributed by atoms with Crippen LogP contribution in [0.4, 0.5) is 4.39 Å². The number of aryl methyl sites for hydroxylation is 1. The van der Waals surface area contributed by atoms with Gasteiger partial charge in [-0.25, -0.2) is 4.39 Å². The Labute approximate surface area is 152 Å². The van der Waals surface area contributed by atoms with Gasteiger partial charge in [-0.05, 0) is 49.4 Å². The first-order valence-electron chi connectivity index (χ1n) is 9.10. The molecule has 0 spiro atoms. The van der Waals surface area contributed by atoms with Crippen molar-refractivity contribution in [2.24, 2.45) is 0 Å². The van der Waals surface area contributed by atoms with E-state index in [-0.39, 0.29) is 24.2 Å². The van der Waals surface area contributed by atoms with Crippen molar-refractivity contribution in [3.05, 3.63) is 65.4 Å². The zero-order valence-corrected chi connectivity index (χ0v) is 14.8. The highest BCUT2D eigenvalue weighted by atomic mass is 19.1. The Morgan fingerprint density at radius 1 is 1.31 bits per heavy atom. The normalized spacial score (nSPS) is 17.6. The zero-order valence-electron chi connectivity index (χ0n) is 14.8. The molecule has 1 amide bonds. The maximum Gasteiger partial charge on any atom is 0.227 e. The number of amides is 1. The molecule has 2 aromatic heterocycles. The van der Waals surface area contributed by atoms with E-state index in [4.69, 9.17) is 0 Å². The van der Waals surface area contributed by atoms with E-state index < -0.39 is 0 Å². The molecule has 4 rings (SSSR count). The van der Waals surface area contributed by atoms with Crippen LogP contribution in [0.1, 0.15) is 42.1 Å². The van der Waals surface area contributed by atoms with Crippen LogP contribution in [0.5, 0.6) is 0 Å². The number of halogens is 1. The molecular formula is C21H22FN3O. The number of hydrogen-bond donors (Lipinski definition) is 1. The molecule has 1 saturated heterocycles. The summed E-state index contributed by atoms with van der Waals surface area (Å²) < 4.78 is 14.0. The highest BCUT2D eigenvalue weighted by Gasteiger charge is 2.29. The van der Waals surface area contributed by atoms with Crippen LogP contribution in [0.2, 0.25) is 0 Å². The lowest BCUT2D eigenvalue weighted by atomic mass is 9.95. The van der Waals surface area contributed by atoms with Crippen LogP contribution < -0.4 is 0 Å². The number of nitrogens with zero attached hydrogens (tertiary/aromatic N) is 2. The number of nitrogens with one attached hydrogen (secondary N) is 1. The fraction of sp³-hybridized carbons (Fsp3) is 0.333. The van der Waals surface area contributed by atoms with Gasteiger partial charge < -0.3 is 9.88 Å². The first-order chi connectivity index (χ1) is 12.6. The molecule has 0 bridgehead atoms. The highest BCUT2D eigenvalue weighted by molar-refractivity contribution is 5.90. The number of rotatable bonds is 3. The third kappa shape index (κ3) is 2.98. The topological polar surface area (TPSA) is 49.0 Å². The Kier molecular flexibility index (Phi) is 4.45. The van der Waals surface area contributed by atoms with Gasteiger partial charge >= 0.3 is 0 Å². The second-order valence-corrected chi connectivity index (χ2v) is 6.95. The van der Waals surface area contributed by atoms with Crippen molar-refractivity contribution in [2.75, 3.05) is 6.54 Å². The molecular weight excluding hydrogens is 329 g/mol. The first kappa shape index (κ1) is 16.8. The molecule has 1 aromatic carbocycles. The van der Waals surface area contributed by atoms with E-state index in [1.54, 1.807) is 12.3 Å². The summed E-state index contributed by atoms with van der Waals surface area (Å²) in [5.74, 6) is -0.192. The first-order valence-corrected chi connectivity index (χ1v) is 9.10. The number of likely N-dealkylation sites (tertiary alicyclic amines) is 1. The van der Waals surface area contributed by atoms with Gasteiger partial charge in [0.25, 0.3) is 0 Å². The highest BCUT2D eigenvalue weighted by Crippen LogP contribution is 2.32. The second kappa shape index (κ2) is 6.90. The van der Waals surface area contributed by atoms with Crippen molar-refractivity contribution < 1.29 is 9.18 Å². The van der Waals surface area contributed by atoms with E-state index in [0.29, 0.717) is 5.52 Å². The number of H-pyrrole nitrogens is 1. The van der Waals surface area contributed by atoms with Crippen LogP contribution in [0.3, 0.4) is 0 Å². The van der Waals surface area contributed by atoms with E-state index in [0.717, 1.165) is 48.0 Å². The lowest BCUT2D eigenvalue weighted by Crippen LogP contribution is -2.39. The second-order valence-electron chi connectivity index (χ2n) is 6.95. The summed E-state index contributed by atoms with van der Waals surface area (Å²) in [6.07, 6.45) is 6.97.